The van der Waals surface area contributed by atoms with Crippen LogP contribution in [0.15, 0.2) is 18.2 Å². The molecule has 5 heteroatoms. The Labute approximate surface area is 119 Å². The summed E-state index contributed by atoms with van der Waals surface area (Å²) in [7, 11) is 4.25. The topological polar surface area (TPSA) is 56.4 Å². The Balaban J connectivity index is 2.05. The van der Waals surface area contributed by atoms with Crippen molar-refractivity contribution in [3.8, 4) is 0 Å². The molecule has 0 amide bonds. The van der Waals surface area contributed by atoms with Crippen LogP contribution in [-0.4, -0.2) is 44.5 Å². The molecular formula is C14H21ClN4. The van der Waals surface area contributed by atoms with E-state index in [2.05, 4.69) is 23.9 Å². The van der Waals surface area contributed by atoms with Crippen molar-refractivity contribution >= 4 is 23.1 Å². The lowest BCUT2D eigenvalue weighted by molar-refractivity contribution is 0.396. The highest BCUT2D eigenvalue weighted by Crippen LogP contribution is 2.24. The number of nitrogens with one attached hydrogen (secondary N) is 1. The van der Waals surface area contributed by atoms with Gasteiger partial charge in [0.15, 0.2) is 0 Å². The molecule has 104 valence electrons. The fourth-order valence-corrected chi connectivity index (χ4v) is 2.90. The molecule has 0 radical (unpaired) electrons. The summed E-state index contributed by atoms with van der Waals surface area (Å²) in [6.45, 7) is 3.37. The third-order valence-corrected chi connectivity index (χ3v) is 4.02. The Morgan fingerprint density at radius 3 is 2.84 bits per heavy atom. The molecule has 1 unspecified atom stereocenters. The minimum atomic E-state index is 0.0108. The summed E-state index contributed by atoms with van der Waals surface area (Å²) in [4.78, 5) is 4.59. The van der Waals surface area contributed by atoms with Crippen molar-refractivity contribution < 1.29 is 0 Å². The van der Waals surface area contributed by atoms with Gasteiger partial charge in [-0.2, -0.15) is 0 Å². The van der Waals surface area contributed by atoms with Crippen LogP contribution in [0.4, 0.5) is 5.69 Å². The molecule has 1 fully saturated rings. The van der Waals surface area contributed by atoms with E-state index >= 15 is 0 Å². The fraction of sp³-hybridized carbons (Fsp3) is 0.500. The number of anilines is 1. The Bertz CT molecular complexity index is 475. The van der Waals surface area contributed by atoms with Crippen LogP contribution in [0.1, 0.15) is 12.0 Å². The van der Waals surface area contributed by atoms with Gasteiger partial charge >= 0.3 is 0 Å². The first-order valence-corrected chi connectivity index (χ1v) is 6.89. The van der Waals surface area contributed by atoms with Crippen molar-refractivity contribution in [2.45, 2.75) is 6.42 Å². The predicted octanol–water partition coefficient (Wildman–Crippen LogP) is 2.01. The number of benzene rings is 1. The van der Waals surface area contributed by atoms with Gasteiger partial charge in [0.25, 0.3) is 0 Å². The van der Waals surface area contributed by atoms with Crippen molar-refractivity contribution in [3.63, 3.8) is 0 Å². The number of likely N-dealkylation sites (tertiary alicyclic amines) is 1. The van der Waals surface area contributed by atoms with Gasteiger partial charge in [-0.15, -0.1) is 0 Å². The lowest BCUT2D eigenvalue weighted by Crippen LogP contribution is -2.27. The van der Waals surface area contributed by atoms with Crippen LogP contribution >= 0.6 is 11.6 Å². The smallest absolute Gasteiger partial charge is 0.124 e. The summed E-state index contributed by atoms with van der Waals surface area (Å²) < 4.78 is 0. The predicted molar refractivity (Wildman–Crippen MR) is 81.3 cm³/mol. The summed E-state index contributed by atoms with van der Waals surface area (Å²) in [6, 6.07) is 5.68. The van der Waals surface area contributed by atoms with Gasteiger partial charge in [0, 0.05) is 31.4 Å². The van der Waals surface area contributed by atoms with Gasteiger partial charge < -0.3 is 15.5 Å². The Hall–Kier alpha value is -1.26. The summed E-state index contributed by atoms with van der Waals surface area (Å²) in [5, 5.41) is 7.97. The normalized spacial score (nSPS) is 19.6. The first-order chi connectivity index (χ1) is 8.97. The molecule has 3 N–H and O–H groups in total. The minimum absolute atomic E-state index is 0.0108. The summed E-state index contributed by atoms with van der Waals surface area (Å²) in [5.74, 6) is 0.720. The van der Waals surface area contributed by atoms with Gasteiger partial charge in [0.2, 0.25) is 0 Å². The van der Waals surface area contributed by atoms with Gasteiger partial charge in [-0.1, -0.05) is 11.6 Å². The van der Waals surface area contributed by atoms with Crippen molar-refractivity contribution in [2.75, 3.05) is 38.6 Å². The van der Waals surface area contributed by atoms with E-state index in [1.807, 2.05) is 18.2 Å². The number of rotatable bonds is 4. The van der Waals surface area contributed by atoms with Crippen LogP contribution in [0, 0.1) is 11.3 Å². The van der Waals surface area contributed by atoms with E-state index in [0.29, 0.717) is 16.5 Å². The molecule has 1 saturated heterocycles. The second kappa shape index (κ2) is 5.80. The van der Waals surface area contributed by atoms with Crippen LogP contribution in [0.25, 0.3) is 0 Å². The van der Waals surface area contributed by atoms with Gasteiger partial charge in [0.05, 0.1) is 5.02 Å². The maximum Gasteiger partial charge on any atom is 0.124 e. The average Bonchev–Trinajstić information content (AvgIpc) is 2.74. The largest absolute Gasteiger partial charge is 0.384 e. The molecule has 1 atom stereocenters. The minimum Gasteiger partial charge on any atom is -0.384 e. The fourth-order valence-electron chi connectivity index (χ4n) is 2.63. The second-order valence-corrected chi connectivity index (χ2v) is 5.78. The second-order valence-electron chi connectivity index (χ2n) is 5.38. The first-order valence-electron chi connectivity index (χ1n) is 6.51. The molecule has 1 heterocycles. The van der Waals surface area contributed by atoms with Crippen molar-refractivity contribution in [1.82, 2.24) is 4.90 Å². The standard InChI is InChI=1S/C14H21ClN4/c1-18-6-5-10(8-18)9-19(2)11-3-4-12(14(16)17)13(15)7-11/h3-4,7,10H,5-6,8-9H2,1-2H3,(H3,16,17). The van der Waals surface area contributed by atoms with Crippen LogP contribution < -0.4 is 10.6 Å². The molecule has 19 heavy (non-hydrogen) atoms. The highest BCUT2D eigenvalue weighted by Gasteiger charge is 2.21. The maximum atomic E-state index is 7.43. The highest BCUT2D eigenvalue weighted by molar-refractivity contribution is 6.34. The van der Waals surface area contributed by atoms with E-state index in [-0.39, 0.29) is 5.84 Å². The number of nitrogens with two attached hydrogens (primary N) is 1. The lowest BCUT2D eigenvalue weighted by Gasteiger charge is -2.23. The zero-order valence-corrected chi connectivity index (χ0v) is 12.2. The summed E-state index contributed by atoms with van der Waals surface area (Å²) >= 11 is 6.15. The van der Waals surface area contributed by atoms with E-state index in [0.717, 1.165) is 18.8 Å². The van der Waals surface area contributed by atoms with Crippen LogP contribution in [0.5, 0.6) is 0 Å². The zero-order chi connectivity index (χ0) is 14.0. The molecule has 1 aliphatic heterocycles. The first kappa shape index (κ1) is 14.2. The van der Waals surface area contributed by atoms with E-state index in [9.17, 15) is 0 Å². The van der Waals surface area contributed by atoms with Crippen molar-refractivity contribution in [3.05, 3.63) is 28.8 Å². The number of amidine groups is 1. The molecule has 4 nitrogen and oxygen atoms in total. The quantitative estimate of drug-likeness (QED) is 0.655. The van der Waals surface area contributed by atoms with Crippen LogP contribution in [0.3, 0.4) is 0 Å². The van der Waals surface area contributed by atoms with Gasteiger partial charge in [0.1, 0.15) is 5.84 Å². The molecule has 0 bridgehead atoms. The lowest BCUT2D eigenvalue weighted by atomic mass is 10.1. The molecule has 1 aliphatic rings. The van der Waals surface area contributed by atoms with Crippen molar-refractivity contribution in [1.29, 1.82) is 5.41 Å². The van der Waals surface area contributed by atoms with Gasteiger partial charge in [-0.05, 0) is 44.1 Å². The van der Waals surface area contributed by atoms with E-state index in [4.69, 9.17) is 22.7 Å². The van der Waals surface area contributed by atoms with Crippen LogP contribution in [0.2, 0.25) is 5.02 Å². The third kappa shape index (κ3) is 3.39. The third-order valence-electron chi connectivity index (χ3n) is 3.70. The number of nitrogen functional groups attached to an aromatic ring is 1. The highest BCUT2D eigenvalue weighted by atomic mass is 35.5. The van der Waals surface area contributed by atoms with E-state index in [1.54, 1.807) is 0 Å². The van der Waals surface area contributed by atoms with Crippen molar-refractivity contribution in [2.24, 2.45) is 11.7 Å². The zero-order valence-electron chi connectivity index (χ0n) is 11.5. The summed E-state index contributed by atoms with van der Waals surface area (Å²) in [6.07, 6.45) is 1.25. The Morgan fingerprint density at radius 2 is 2.32 bits per heavy atom. The number of hydrogen-bond acceptors (Lipinski definition) is 3. The molecular weight excluding hydrogens is 260 g/mol. The van der Waals surface area contributed by atoms with E-state index < -0.39 is 0 Å². The number of halogens is 1. The molecule has 2 rings (SSSR count). The van der Waals surface area contributed by atoms with Gasteiger partial charge in [-0.25, -0.2) is 0 Å². The Kier molecular flexibility index (Phi) is 4.32. The number of nitrogens with zero attached hydrogens (tertiary/aromatic N) is 2. The average molecular weight is 281 g/mol. The number of hydrogen-bond donors (Lipinski definition) is 2. The molecule has 0 aromatic heterocycles. The SMILES string of the molecule is CN1CCC(CN(C)c2ccc(C(=N)N)c(Cl)c2)C1. The van der Waals surface area contributed by atoms with E-state index in [1.165, 1.54) is 13.0 Å². The van der Waals surface area contributed by atoms with Gasteiger partial charge in [-0.3, -0.25) is 5.41 Å². The molecule has 0 saturated carbocycles. The summed E-state index contributed by atoms with van der Waals surface area (Å²) in [5.41, 5.74) is 7.14. The monoisotopic (exact) mass is 280 g/mol. The maximum absolute atomic E-state index is 7.43. The molecule has 1 aromatic carbocycles. The molecule has 0 spiro atoms. The molecule has 1 aromatic rings. The molecule has 0 aliphatic carbocycles. The van der Waals surface area contributed by atoms with Crippen LogP contribution in [-0.2, 0) is 0 Å². The Morgan fingerprint density at radius 1 is 1.58 bits per heavy atom.